The molecular weight excluding hydrogens is 382 g/mol. The predicted molar refractivity (Wildman–Crippen MR) is 108 cm³/mol. The van der Waals surface area contributed by atoms with E-state index in [1.165, 1.54) is 22.5 Å². The Morgan fingerprint density at radius 2 is 1.96 bits per heavy atom. The smallest absolute Gasteiger partial charge is 0.322 e. The molecule has 136 valence electrons. The largest absolute Gasteiger partial charge is 0.407 e. The van der Waals surface area contributed by atoms with Crippen LogP contribution in [0.15, 0.2) is 46.9 Å². The number of carbonyl (C=O) groups is 1. The lowest BCUT2D eigenvalue weighted by Gasteiger charge is -2.02. The number of hydrogen-bond acceptors (Lipinski definition) is 5. The fraction of sp³-hybridized carbons (Fsp3) is 0.150. The van der Waals surface area contributed by atoms with Crippen LogP contribution in [0.5, 0.6) is 0 Å². The molecule has 0 aliphatic carbocycles. The van der Waals surface area contributed by atoms with Crippen molar-refractivity contribution in [3.05, 3.63) is 74.9 Å². The second-order valence-corrected chi connectivity index (χ2v) is 7.72. The third kappa shape index (κ3) is 3.59. The Labute approximate surface area is 165 Å². The number of fused-ring (bicyclic) bond motifs is 1. The molecule has 0 saturated heterocycles. The fourth-order valence-corrected chi connectivity index (χ4v) is 4.19. The Hall–Kier alpha value is -2.70. The molecule has 0 aliphatic heterocycles. The molecule has 0 atom stereocenters. The topological polar surface area (TPSA) is 68.0 Å². The van der Waals surface area contributed by atoms with Crippen molar-refractivity contribution in [2.75, 3.05) is 5.32 Å². The van der Waals surface area contributed by atoms with E-state index < -0.39 is 0 Å². The van der Waals surface area contributed by atoms with Crippen LogP contribution in [0.1, 0.15) is 32.3 Å². The van der Waals surface area contributed by atoms with Gasteiger partial charge in [-0.1, -0.05) is 53.1 Å². The zero-order valence-electron chi connectivity index (χ0n) is 14.7. The van der Waals surface area contributed by atoms with E-state index in [1.54, 1.807) is 0 Å². The minimum atomic E-state index is -0.359. The third-order valence-corrected chi connectivity index (χ3v) is 6.03. The molecule has 0 saturated carbocycles. The minimum Gasteiger partial charge on any atom is -0.407 e. The highest BCUT2D eigenvalue weighted by molar-refractivity contribution is 7.21. The highest BCUT2D eigenvalue weighted by atomic mass is 35.5. The summed E-state index contributed by atoms with van der Waals surface area (Å²) in [5, 5.41) is 11.9. The number of benzene rings is 2. The van der Waals surface area contributed by atoms with Gasteiger partial charge in [-0.25, -0.2) is 0 Å². The molecule has 7 heteroatoms. The van der Waals surface area contributed by atoms with Crippen LogP contribution in [-0.2, 0) is 6.42 Å². The van der Waals surface area contributed by atoms with E-state index in [1.807, 2.05) is 30.3 Å². The first kappa shape index (κ1) is 17.7. The first-order chi connectivity index (χ1) is 13.0. The molecule has 27 heavy (non-hydrogen) atoms. The second kappa shape index (κ2) is 7.13. The van der Waals surface area contributed by atoms with Crippen molar-refractivity contribution in [2.45, 2.75) is 20.3 Å². The fourth-order valence-electron chi connectivity index (χ4n) is 2.78. The Balaban J connectivity index is 1.50. The molecule has 5 nitrogen and oxygen atoms in total. The van der Waals surface area contributed by atoms with E-state index in [9.17, 15) is 4.79 Å². The van der Waals surface area contributed by atoms with Crippen LogP contribution < -0.4 is 5.32 Å². The summed E-state index contributed by atoms with van der Waals surface area (Å²) >= 11 is 7.67. The lowest BCUT2D eigenvalue weighted by molar-refractivity contribution is 0.102. The van der Waals surface area contributed by atoms with Crippen LogP contribution in [0.3, 0.4) is 0 Å². The van der Waals surface area contributed by atoms with Gasteiger partial charge in [0.2, 0.25) is 5.89 Å². The molecule has 1 amide bonds. The van der Waals surface area contributed by atoms with Gasteiger partial charge < -0.3 is 4.42 Å². The van der Waals surface area contributed by atoms with Crippen molar-refractivity contribution in [3.63, 3.8) is 0 Å². The van der Waals surface area contributed by atoms with Crippen molar-refractivity contribution < 1.29 is 9.21 Å². The quantitative estimate of drug-likeness (QED) is 0.500. The summed E-state index contributed by atoms with van der Waals surface area (Å²) in [6.45, 7) is 4.13. The predicted octanol–water partition coefficient (Wildman–Crippen LogP) is 5.40. The summed E-state index contributed by atoms with van der Waals surface area (Å²) in [7, 11) is 0. The van der Waals surface area contributed by atoms with Gasteiger partial charge in [0, 0.05) is 10.1 Å². The maximum atomic E-state index is 12.5. The number of halogens is 1. The van der Waals surface area contributed by atoms with Crippen molar-refractivity contribution in [2.24, 2.45) is 0 Å². The van der Waals surface area contributed by atoms with E-state index >= 15 is 0 Å². The van der Waals surface area contributed by atoms with Gasteiger partial charge in [-0.05, 0) is 36.6 Å². The zero-order chi connectivity index (χ0) is 19.0. The average Bonchev–Trinajstić information content (AvgIpc) is 3.23. The van der Waals surface area contributed by atoms with E-state index in [-0.39, 0.29) is 11.9 Å². The minimum absolute atomic E-state index is 0.0624. The lowest BCUT2D eigenvalue weighted by atomic mass is 10.0. The number of hydrogen-bond donors (Lipinski definition) is 1. The van der Waals surface area contributed by atoms with Gasteiger partial charge in [-0.3, -0.25) is 10.1 Å². The van der Waals surface area contributed by atoms with Crippen molar-refractivity contribution in [3.8, 4) is 0 Å². The van der Waals surface area contributed by atoms with Gasteiger partial charge in [0.25, 0.3) is 5.91 Å². The first-order valence-electron chi connectivity index (χ1n) is 8.38. The van der Waals surface area contributed by atoms with Gasteiger partial charge in [0.1, 0.15) is 4.88 Å². The molecule has 0 spiro atoms. The Kier molecular flexibility index (Phi) is 4.68. The van der Waals surface area contributed by atoms with Crippen molar-refractivity contribution in [1.82, 2.24) is 10.2 Å². The zero-order valence-corrected chi connectivity index (χ0v) is 16.3. The highest BCUT2D eigenvalue weighted by Gasteiger charge is 2.19. The number of aryl methyl sites for hydroxylation is 2. The number of aromatic nitrogens is 2. The molecule has 0 aliphatic rings. The molecule has 0 bridgehead atoms. The number of rotatable bonds is 4. The first-order valence-corrected chi connectivity index (χ1v) is 9.57. The molecule has 2 heterocycles. The van der Waals surface area contributed by atoms with Crippen molar-refractivity contribution in [1.29, 1.82) is 0 Å². The van der Waals surface area contributed by atoms with Gasteiger partial charge in [0.05, 0.1) is 11.4 Å². The summed E-state index contributed by atoms with van der Waals surface area (Å²) in [6.07, 6.45) is 0.508. The molecule has 1 N–H and O–H groups in total. The van der Waals surface area contributed by atoms with Crippen LogP contribution in [0, 0.1) is 13.8 Å². The highest BCUT2D eigenvalue weighted by Crippen LogP contribution is 2.35. The van der Waals surface area contributed by atoms with Crippen LogP contribution >= 0.6 is 22.9 Å². The number of nitrogens with zero attached hydrogens (tertiary/aromatic N) is 2. The summed E-state index contributed by atoms with van der Waals surface area (Å²) in [6, 6.07) is 13.9. The monoisotopic (exact) mass is 397 g/mol. The SMILES string of the molecule is Cc1ccc(Cc2nnc(NC(=O)c3sc4ccccc4c3Cl)o2)cc1C. The maximum absolute atomic E-state index is 12.5. The number of amides is 1. The molecule has 0 radical (unpaired) electrons. The average molecular weight is 398 g/mol. The molecule has 4 aromatic rings. The number of anilines is 1. The summed E-state index contributed by atoms with van der Waals surface area (Å²) < 4.78 is 6.52. The van der Waals surface area contributed by atoms with Crippen LogP contribution in [0.25, 0.3) is 10.1 Å². The van der Waals surface area contributed by atoms with E-state index in [4.69, 9.17) is 16.0 Å². The van der Waals surface area contributed by atoms with Crippen LogP contribution in [0.4, 0.5) is 6.01 Å². The number of nitrogens with one attached hydrogen (secondary N) is 1. The van der Waals surface area contributed by atoms with E-state index in [0.29, 0.717) is 22.2 Å². The normalized spacial score (nSPS) is 11.1. The molecule has 0 fully saturated rings. The molecule has 2 aromatic carbocycles. The Bertz CT molecular complexity index is 1150. The van der Waals surface area contributed by atoms with Gasteiger partial charge in [-0.15, -0.1) is 16.4 Å². The van der Waals surface area contributed by atoms with Gasteiger partial charge in [0.15, 0.2) is 0 Å². The molecule has 2 aromatic heterocycles. The number of thiophene rings is 1. The molecular formula is C20H16ClN3O2S. The Morgan fingerprint density at radius 1 is 1.15 bits per heavy atom. The van der Waals surface area contributed by atoms with Crippen LogP contribution in [0.2, 0.25) is 5.02 Å². The van der Waals surface area contributed by atoms with Crippen LogP contribution in [-0.4, -0.2) is 16.1 Å². The third-order valence-electron chi connectivity index (χ3n) is 4.36. The van der Waals surface area contributed by atoms with Crippen molar-refractivity contribution >= 4 is 44.9 Å². The van der Waals surface area contributed by atoms with E-state index in [2.05, 4.69) is 41.5 Å². The summed E-state index contributed by atoms with van der Waals surface area (Å²) in [5.74, 6) is 0.0820. The van der Waals surface area contributed by atoms with Gasteiger partial charge in [-0.2, -0.15) is 0 Å². The summed E-state index contributed by atoms with van der Waals surface area (Å²) in [4.78, 5) is 13.0. The maximum Gasteiger partial charge on any atom is 0.322 e. The van der Waals surface area contributed by atoms with E-state index in [0.717, 1.165) is 15.6 Å². The molecule has 0 unspecified atom stereocenters. The molecule has 4 rings (SSSR count). The Morgan fingerprint density at radius 3 is 2.74 bits per heavy atom. The lowest BCUT2D eigenvalue weighted by Crippen LogP contribution is -2.10. The second-order valence-electron chi connectivity index (χ2n) is 6.29. The standard InChI is InChI=1S/C20H16ClN3O2S/c1-11-7-8-13(9-12(11)2)10-16-23-24-20(26-16)22-19(25)18-17(21)14-5-3-4-6-15(14)27-18/h3-9H,10H2,1-2H3,(H,22,24,25). The summed E-state index contributed by atoms with van der Waals surface area (Å²) in [5.41, 5.74) is 3.52. The van der Waals surface area contributed by atoms with Gasteiger partial charge >= 0.3 is 6.01 Å². The number of carbonyl (C=O) groups excluding carboxylic acids is 1.